The monoisotopic (exact) mass is 827 g/mol. The van der Waals surface area contributed by atoms with Crippen molar-refractivity contribution in [2.45, 2.75) is 245 Å². The van der Waals surface area contributed by atoms with Crippen LogP contribution in [0.5, 0.6) is 0 Å². The van der Waals surface area contributed by atoms with Gasteiger partial charge in [0.1, 0.15) is 13.2 Å². The summed E-state index contributed by atoms with van der Waals surface area (Å²) in [7, 11) is 0. The van der Waals surface area contributed by atoms with Gasteiger partial charge in [0.25, 0.3) is 0 Å². The molecule has 0 aromatic rings. The van der Waals surface area contributed by atoms with Gasteiger partial charge < -0.3 is 19.3 Å². The van der Waals surface area contributed by atoms with Crippen LogP contribution in [0.15, 0.2) is 48.6 Å². The van der Waals surface area contributed by atoms with E-state index < -0.39 is 23.6 Å². The molecule has 0 aromatic carbocycles. The molecule has 340 valence electrons. The highest BCUT2D eigenvalue weighted by atomic mass is 16.6. The van der Waals surface area contributed by atoms with Gasteiger partial charge in [0.15, 0.2) is 6.10 Å². The number of carbonyl (C=O) groups excluding carboxylic acids is 3. The molecule has 0 amide bonds. The molecule has 1 unspecified atom stereocenters. The predicted molar refractivity (Wildman–Crippen MR) is 246 cm³/mol. The van der Waals surface area contributed by atoms with Gasteiger partial charge in [0, 0.05) is 12.8 Å². The Kier molecular flexibility index (Phi) is 36.4. The normalized spacial score (nSPS) is 14.3. The van der Waals surface area contributed by atoms with Crippen molar-refractivity contribution < 1.29 is 33.7 Å². The lowest BCUT2D eigenvalue weighted by molar-refractivity contribution is -0.174. The summed E-state index contributed by atoms with van der Waals surface area (Å²) in [6, 6.07) is 0. The lowest BCUT2D eigenvalue weighted by Crippen LogP contribution is -2.38. The largest absolute Gasteiger partial charge is 0.462 e. The molecule has 0 saturated heterocycles. The van der Waals surface area contributed by atoms with Gasteiger partial charge in [-0.15, -0.1) is 0 Å². The van der Waals surface area contributed by atoms with Crippen LogP contribution in [0.1, 0.15) is 233 Å². The highest BCUT2D eigenvalue weighted by Crippen LogP contribution is 2.51. The van der Waals surface area contributed by atoms with Crippen molar-refractivity contribution in [3.05, 3.63) is 48.6 Å². The van der Waals surface area contributed by atoms with Gasteiger partial charge in [0.05, 0.1) is 11.5 Å². The molecule has 7 nitrogen and oxygen atoms in total. The van der Waals surface area contributed by atoms with Gasteiger partial charge in [-0.3, -0.25) is 14.4 Å². The van der Waals surface area contributed by atoms with Crippen molar-refractivity contribution in [1.29, 1.82) is 0 Å². The molecule has 1 fully saturated rings. The Bertz CT molecular complexity index is 1070. The average Bonchev–Trinajstić information content (AvgIpc) is 4.05. The molecule has 1 rings (SSSR count). The molecule has 0 aromatic heterocycles. The van der Waals surface area contributed by atoms with Crippen molar-refractivity contribution in [1.82, 2.24) is 0 Å². The zero-order valence-corrected chi connectivity index (χ0v) is 38.4. The molecular weight excluding hydrogens is 737 g/mol. The molecule has 0 radical (unpaired) electrons. The van der Waals surface area contributed by atoms with Crippen LogP contribution >= 0.6 is 0 Å². The maximum Gasteiger partial charge on any atom is 0.315 e. The molecule has 0 aliphatic heterocycles. The molecule has 1 saturated carbocycles. The first-order valence-corrected chi connectivity index (χ1v) is 24.7. The molecule has 0 spiro atoms. The number of hydrogen-bond acceptors (Lipinski definition) is 7. The second kappa shape index (κ2) is 39.5. The van der Waals surface area contributed by atoms with E-state index in [1.165, 1.54) is 70.6 Å². The van der Waals surface area contributed by atoms with Gasteiger partial charge in [0.2, 0.25) is 0 Å². The average molecular weight is 827 g/mol. The van der Waals surface area contributed by atoms with Gasteiger partial charge in [-0.1, -0.05) is 172 Å². The number of unbranched alkanes of at least 4 members (excludes halogenated alkanes) is 21. The predicted octanol–water partition coefficient (Wildman–Crippen LogP) is 14.5. The molecule has 1 aliphatic carbocycles. The number of hydrogen-bond donors (Lipinski definition) is 1. The summed E-state index contributed by atoms with van der Waals surface area (Å²) in [5.41, 5.74) is -0.906. The lowest BCUT2D eigenvalue weighted by Gasteiger charge is -2.24. The van der Waals surface area contributed by atoms with Gasteiger partial charge in [-0.25, -0.2) is 0 Å². The van der Waals surface area contributed by atoms with E-state index in [-0.39, 0.29) is 25.2 Å². The Morgan fingerprint density at radius 3 is 1.27 bits per heavy atom. The highest BCUT2D eigenvalue weighted by Gasteiger charge is 2.57. The van der Waals surface area contributed by atoms with E-state index in [1.807, 2.05) is 0 Å². The molecule has 1 aliphatic rings. The second-order valence-corrected chi connectivity index (χ2v) is 17.1. The van der Waals surface area contributed by atoms with Crippen LogP contribution in [-0.4, -0.2) is 48.4 Å². The topological polar surface area (TPSA) is 99.1 Å². The summed E-state index contributed by atoms with van der Waals surface area (Å²) in [4.78, 5) is 38.8. The molecule has 0 bridgehead atoms. The third-order valence-corrected chi connectivity index (χ3v) is 11.5. The minimum absolute atomic E-state index is 0.161. The number of rotatable bonds is 42. The Morgan fingerprint density at radius 2 is 0.847 bits per heavy atom. The van der Waals surface area contributed by atoms with Crippen LogP contribution in [0.3, 0.4) is 0 Å². The molecular formula is C52H90O7. The Morgan fingerprint density at radius 1 is 0.492 bits per heavy atom. The fourth-order valence-electron chi connectivity index (χ4n) is 7.26. The number of carbonyl (C=O) groups is 3. The summed E-state index contributed by atoms with van der Waals surface area (Å²) in [5, 5.41) is 11.0. The summed E-state index contributed by atoms with van der Waals surface area (Å²) in [5.74, 6) is -1.15. The second-order valence-electron chi connectivity index (χ2n) is 17.1. The third-order valence-electron chi connectivity index (χ3n) is 11.5. The van der Waals surface area contributed by atoms with E-state index in [9.17, 15) is 19.5 Å². The summed E-state index contributed by atoms with van der Waals surface area (Å²) < 4.78 is 17.0. The smallest absolute Gasteiger partial charge is 0.315 e. The number of esters is 3. The van der Waals surface area contributed by atoms with E-state index in [4.69, 9.17) is 14.2 Å². The van der Waals surface area contributed by atoms with Crippen molar-refractivity contribution >= 4 is 17.9 Å². The maximum atomic E-state index is 13.4. The fraction of sp³-hybridized carbons (Fsp3) is 0.788. The fourth-order valence-corrected chi connectivity index (χ4v) is 7.26. The molecule has 0 heterocycles. The van der Waals surface area contributed by atoms with Crippen LogP contribution in [0.4, 0.5) is 0 Å². The standard InChI is InChI=1S/C52H90O7/c1-4-7-10-13-16-18-20-22-24-26-28-30-32-35-38-41-49(54)57-45-47(59-51(56)52(43-44-52)48(53)40-37-34-15-12-9-6-3)46-58-50(55)42-39-36-33-31-29-27-25-23-21-19-17-14-11-8-5-2/h16-19,22-25,47-48,53H,4-15,20-21,26-46H2,1-3H3/b18-16-,19-17-,24-22-,25-23-. The lowest BCUT2D eigenvalue weighted by atomic mass is 9.94. The van der Waals surface area contributed by atoms with E-state index in [0.29, 0.717) is 32.1 Å². The Hall–Kier alpha value is -2.67. The van der Waals surface area contributed by atoms with Crippen LogP contribution in [0.2, 0.25) is 0 Å². The molecule has 59 heavy (non-hydrogen) atoms. The maximum absolute atomic E-state index is 13.4. The summed E-state index contributed by atoms with van der Waals surface area (Å²) in [6.45, 7) is 6.34. The first-order chi connectivity index (χ1) is 28.9. The number of aliphatic hydroxyl groups excluding tert-OH is 1. The number of ether oxygens (including phenoxy) is 3. The SMILES string of the molecule is CCCCC/C=C\C/C=C\CCCCCCCC(=O)OCC(COC(=O)CCCCCCC/C=C\C/C=C\CCCCC)OC(=O)C1(C(O)CCCCCCCC)CC1. The van der Waals surface area contributed by atoms with Crippen LogP contribution < -0.4 is 0 Å². The van der Waals surface area contributed by atoms with Gasteiger partial charge >= 0.3 is 17.9 Å². The minimum Gasteiger partial charge on any atom is -0.462 e. The van der Waals surface area contributed by atoms with E-state index >= 15 is 0 Å². The number of aliphatic hydroxyl groups is 1. The highest BCUT2D eigenvalue weighted by molar-refractivity contribution is 5.81. The zero-order valence-electron chi connectivity index (χ0n) is 38.4. The van der Waals surface area contributed by atoms with Crippen LogP contribution in [0.25, 0.3) is 0 Å². The summed E-state index contributed by atoms with van der Waals surface area (Å²) in [6.07, 6.45) is 49.9. The van der Waals surface area contributed by atoms with Crippen molar-refractivity contribution in [3.8, 4) is 0 Å². The van der Waals surface area contributed by atoms with Crippen molar-refractivity contribution in [3.63, 3.8) is 0 Å². The Balaban J connectivity index is 2.42. The van der Waals surface area contributed by atoms with Crippen molar-refractivity contribution in [2.24, 2.45) is 5.41 Å². The van der Waals surface area contributed by atoms with Crippen LogP contribution in [0, 0.1) is 5.41 Å². The van der Waals surface area contributed by atoms with E-state index in [0.717, 1.165) is 109 Å². The van der Waals surface area contributed by atoms with E-state index in [1.54, 1.807) is 0 Å². The molecule has 1 atom stereocenters. The van der Waals surface area contributed by atoms with E-state index in [2.05, 4.69) is 69.4 Å². The first-order valence-electron chi connectivity index (χ1n) is 24.7. The first kappa shape index (κ1) is 54.3. The van der Waals surface area contributed by atoms with Gasteiger partial charge in [-0.2, -0.15) is 0 Å². The summed E-state index contributed by atoms with van der Waals surface area (Å²) >= 11 is 0. The number of allylic oxidation sites excluding steroid dienone is 8. The minimum atomic E-state index is -0.906. The van der Waals surface area contributed by atoms with Gasteiger partial charge in [-0.05, 0) is 96.3 Å². The van der Waals surface area contributed by atoms with Crippen LogP contribution in [-0.2, 0) is 28.6 Å². The quantitative estimate of drug-likeness (QED) is 0.0283. The molecule has 7 heteroatoms. The Labute approximate surface area is 362 Å². The molecule has 1 N–H and O–H groups in total. The third kappa shape index (κ3) is 31.8. The van der Waals surface area contributed by atoms with Crippen molar-refractivity contribution in [2.75, 3.05) is 13.2 Å². The zero-order chi connectivity index (χ0) is 42.9.